The highest BCUT2D eigenvalue weighted by molar-refractivity contribution is 7.80. The lowest BCUT2D eigenvalue weighted by molar-refractivity contribution is 0.570. The minimum atomic E-state index is -2.27. The maximum atomic E-state index is 11.3. The van der Waals surface area contributed by atoms with E-state index < -0.39 is 16.8 Å². The van der Waals surface area contributed by atoms with Crippen molar-refractivity contribution in [1.82, 2.24) is 10.2 Å². The minimum Gasteiger partial charge on any atom is -0.289 e. The first-order chi connectivity index (χ1) is 9.51. The van der Waals surface area contributed by atoms with Crippen LogP contribution in [0.1, 0.15) is 5.56 Å². The van der Waals surface area contributed by atoms with E-state index in [4.69, 9.17) is 21.4 Å². The molecule has 0 spiro atoms. The van der Waals surface area contributed by atoms with Crippen LogP contribution in [0.5, 0.6) is 0 Å². The smallest absolute Gasteiger partial charge is 0.282 e. The van der Waals surface area contributed by atoms with E-state index in [1.165, 1.54) is 18.2 Å². The lowest BCUT2D eigenvalue weighted by Crippen LogP contribution is -2.12. The molecule has 3 N–H and O–H groups in total. The number of anilines is 1. The number of H-pyrrole nitrogens is 1. The molecule has 0 aliphatic rings. The lowest BCUT2D eigenvalue weighted by atomic mass is 10.1. The molecule has 0 amide bonds. The van der Waals surface area contributed by atoms with Crippen molar-refractivity contribution < 1.29 is 8.76 Å². The highest BCUT2D eigenvalue weighted by Gasteiger charge is 2.09. The van der Waals surface area contributed by atoms with Crippen LogP contribution in [0.4, 0.5) is 5.69 Å². The molecule has 0 bridgehead atoms. The van der Waals surface area contributed by atoms with Crippen molar-refractivity contribution in [1.29, 1.82) is 5.26 Å². The predicted octanol–water partition coefficient (Wildman–Crippen LogP) is 1.51. The van der Waals surface area contributed by atoms with Crippen molar-refractivity contribution in [2.75, 3.05) is 4.72 Å². The van der Waals surface area contributed by atoms with Crippen LogP contribution >= 0.6 is 11.6 Å². The highest BCUT2D eigenvalue weighted by Crippen LogP contribution is 2.27. The molecular weight excluding hydrogens is 304 g/mol. The second kappa shape index (κ2) is 5.83. The molecule has 2 rings (SSSR count). The normalized spacial score (nSPS) is 11.7. The predicted molar refractivity (Wildman–Crippen MR) is 74.4 cm³/mol. The molecule has 1 aromatic heterocycles. The van der Waals surface area contributed by atoms with Crippen molar-refractivity contribution in [3.63, 3.8) is 0 Å². The summed E-state index contributed by atoms with van der Waals surface area (Å²) in [5.41, 5.74) is 0.432. The molecule has 7 nitrogen and oxygen atoms in total. The number of nitrogens with zero attached hydrogens (tertiary/aromatic N) is 2. The molecule has 0 aliphatic heterocycles. The van der Waals surface area contributed by atoms with E-state index in [1.807, 2.05) is 0 Å². The third-order valence-corrected chi connectivity index (χ3v) is 3.11. The highest BCUT2D eigenvalue weighted by atomic mass is 35.5. The van der Waals surface area contributed by atoms with Gasteiger partial charge in [-0.1, -0.05) is 17.7 Å². The molecule has 0 radical (unpaired) electrons. The van der Waals surface area contributed by atoms with Gasteiger partial charge in [0, 0.05) is 5.56 Å². The molecule has 2 aromatic rings. The number of rotatable bonds is 3. The van der Waals surface area contributed by atoms with Gasteiger partial charge >= 0.3 is 0 Å². The van der Waals surface area contributed by atoms with Crippen molar-refractivity contribution >= 4 is 28.6 Å². The Morgan fingerprint density at radius 3 is 2.85 bits per heavy atom. The largest absolute Gasteiger partial charge is 0.289 e. The molecule has 1 atom stereocenters. The fraction of sp³-hybridized carbons (Fsp3) is 0. The van der Waals surface area contributed by atoms with Gasteiger partial charge in [-0.2, -0.15) is 10.4 Å². The standard InChI is InChI=1S/C11H7ClN4O3S/c12-8-2-1-6(3-10(8)16-20(18)19)9-4-7(5-13)11(17)15-14-9/h1-4,16H,(H,15,17)(H,18,19). The number of aromatic amines is 1. The quantitative estimate of drug-likeness (QED) is 0.742. The van der Waals surface area contributed by atoms with Crippen molar-refractivity contribution in [3.8, 4) is 17.3 Å². The van der Waals surface area contributed by atoms with Gasteiger partial charge in [0.2, 0.25) is 0 Å². The number of halogens is 1. The first kappa shape index (κ1) is 14.2. The van der Waals surface area contributed by atoms with Gasteiger partial charge in [-0.25, -0.2) is 9.31 Å². The summed E-state index contributed by atoms with van der Waals surface area (Å²) in [5, 5.41) is 15.1. The summed E-state index contributed by atoms with van der Waals surface area (Å²) in [4.78, 5) is 11.3. The summed E-state index contributed by atoms with van der Waals surface area (Å²) in [7, 11) is 0. The Labute approximate surface area is 120 Å². The zero-order valence-corrected chi connectivity index (χ0v) is 11.3. The Hall–Kier alpha value is -2.21. The zero-order valence-electron chi connectivity index (χ0n) is 9.75. The van der Waals surface area contributed by atoms with Gasteiger partial charge in [-0.15, -0.1) is 0 Å². The molecule has 0 fully saturated rings. The lowest BCUT2D eigenvalue weighted by Gasteiger charge is -2.07. The topological polar surface area (TPSA) is 119 Å². The summed E-state index contributed by atoms with van der Waals surface area (Å²) >= 11 is 3.61. The van der Waals surface area contributed by atoms with E-state index in [0.717, 1.165) is 0 Å². The molecule has 102 valence electrons. The van der Waals surface area contributed by atoms with Gasteiger partial charge in [0.25, 0.3) is 16.8 Å². The Balaban J connectivity index is 2.51. The Morgan fingerprint density at radius 2 is 2.20 bits per heavy atom. The number of nitrogens with one attached hydrogen (secondary N) is 2. The average Bonchev–Trinajstić information content (AvgIpc) is 2.41. The molecule has 0 aliphatic carbocycles. The first-order valence-corrected chi connectivity index (χ1v) is 6.67. The number of benzene rings is 1. The second-order valence-electron chi connectivity index (χ2n) is 3.65. The van der Waals surface area contributed by atoms with Gasteiger partial charge in [0.1, 0.15) is 11.6 Å². The van der Waals surface area contributed by atoms with E-state index in [0.29, 0.717) is 11.3 Å². The third-order valence-electron chi connectivity index (χ3n) is 2.38. The van der Waals surface area contributed by atoms with Crippen LogP contribution in [0, 0.1) is 11.3 Å². The van der Waals surface area contributed by atoms with Crippen LogP contribution in [0.3, 0.4) is 0 Å². The summed E-state index contributed by atoms with van der Waals surface area (Å²) in [6.45, 7) is 0. The molecular formula is C11H7ClN4O3S. The fourth-order valence-corrected chi connectivity index (χ4v) is 2.07. The van der Waals surface area contributed by atoms with E-state index in [-0.39, 0.29) is 16.3 Å². The molecule has 1 unspecified atom stereocenters. The SMILES string of the molecule is N#Cc1cc(-c2ccc(Cl)c(NS(=O)O)c2)n[nH]c1=O. The first-order valence-electron chi connectivity index (χ1n) is 5.18. The van der Waals surface area contributed by atoms with Crippen LogP contribution in [-0.4, -0.2) is 19.0 Å². The summed E-state index contributed by atoms with van der Waals surface area (Å²) in [6.07, 6.45) is 0. The van der Waals surface area contributed by atoms with Gasteiger partial charge < -0.3 is 0 Å². The monoisotopic (exact) mass is 310 g/mol. The van der Waals surface area contributed by atoms with Gasteiger partial charge in [-0.05, 0) is 18.2 Å². The second-order valence-corrected chi connectivity index (χ2v) is 4.76. The summed E-state index contributed by atoms with van der Waals surface area (Å²) in [5.74, 6) is 0. The minimum absolute atomic E-state index is 0.0785. The number of hydrogen-bond donors (Lipinski definition) is 3. The molecule has 1 aromatic carbocycles. The third kappa shape index (κ3) is 3.03. The number of hydrogen-bond acceptors (Lipinski definition) is 4. The molecule has 20 heavy (non-hydrogen) atoms. The number of aromatic nitrogens is 2. The van der Waals surface area contributed by atoms with E-state index in [2.05, 4.69) is 14.9 Å². The van der Waals surface area contributed by atoms with Crippen LogP contribution in [0.15, 0.2) is 29.1 Å². The molecule has 1 heterocycles. The summed E-state index contributed by atoms with van der Waals surface area (Å²) < 4.78 is 21.8. The Kier molecular flexibility index (Phi) is 4.14. The molecule has 0 saturated carbocycles. The van der Waals surface area contributed by atoms with Gasteiger partial charge in [0.15, 0.2) is 0 Å². The summed E-state index contributed by atoms with van der Waals surface area (Å²) in [6, 6.07) is 7.67. The van der Waals surface area contributed by atoms with E-state index in [1.54, 1.807) is 12.1 Å². The maximum absolute atomic E-state index is 11.3. The van der Waals surface area contributed by atoms with E-state index in [9.17, 15) is 9.00 Å². The molecule has 9 heteroatoms. The van der Waals surface area contributed by atoms with Gasteiger partial charge in [-0.3, -0.25) is 14.1 Å². The average molecular weight is 311 g/mol. The maximum Gasteiger partial charge on any atom is 0.282 e. The van der Waals surface area contributed by atoms with Crippen LogP contribution in [0.2, 0.25) is 5.02 Å². The molecule has 0 saturated heterocycles. The zero-order chi connectivity index (χ0) is 14.7. The van der Waals surface area contributed by atoms with Crippen molar-refractivity contribution in [2.24, 2.45) is 0 Å². The van der Waals surface area contributed by atoms with Crippen LogP contribution in [-0.2, 0) is 11.3 Å². The Bertz CT molecular complexity index is 784. The number of nitriles is 1. The Morgan fingerprint density at radius 1 is 1.45 bits per heavy atom. The van der Waals surface area contributed by atoms with Crippen molar-refractivity contribution in [2.45, 2.75) is 0 Å². The van der Waals surface area contributed by atoms with E-state index >= 15 is 0 Å². The van der Waals surface area contributed by atoms with Crippen molar-refractivity contribution in [3.05, 3.63) is 45.2 Å². The van der Waals surface area contributed by atoms with Gasteiger partial charge in [0.05, 0.1) is 16.4 Å². The fourth-order valence-electron chi connectivity index (χ4n) is 1.49. The van der Waals surface area contributed by atoms with Crippen LogP contribution in [0.25, 0.3) is 11.3 Å². The van der Waals surface area contributed by atoms with Crippen LogP contribution < -0.4 is 10.3 Å².